The lowest BCUT2D eigenvalue weighted by atomic mass is 9.77. The van der Waals surface area contributed by atoms with Crippen LogP contribution in [0.3, 0.4) is 0 Å². The van der Waals surface area contributed by atoms with E-state index in [-0.39, 0.29) is 23.0 Å². The van der Waals surface area contributed by atoms with Crippen molar-refractivity contribution in [1.29, 1.82) is 0 Å². The third-order valence-corrected chi connectivity index (χ3v) is 4.91. The number of hydrogen-bond acceptors (Lipinski definition) is 3. The second-order valence-electron chi connectivity index (χ2n) is 6.24. The molecule has 2 aromatic rings. The molecule has 0 saturated carbocycles. The Morgan fingerprint density at radius 3 is 2.54 bits per heavy atom. The van der Waals surface area contributed by atoms with Crippen LogP contribution >= 0.6 is 17.0 Å². The standard InChI is InChI=1S/C20H25NO2.BrH/c1-22-19-12-8-14(13-20(19)23-2)7-10-17-16-6-4-3-5-15(16)9-11-18(17)21;/h3-6,8,12-13,17-18H,7,9-11,21H2,1-2H3;1H. The SMILES string of the molecule is Br.COc1ccc(CCC2c3ccccc3CCC2N)cc1OC. The summed E-state index contributed by atoms with van der Waals surface area (Å²) >= 11 is 0. The number of fused-ring (bicyclic) bond motifs is 1. The molecular weight excluding hydrogens is 366 g/mol. The molecule has 0 spiro atoms. The molecule has 0 aliphatic heterocycles. The van der Waals surface area contributed by atoms with Gasteiger partial charge in [-0.25, -0.2) is 0 Å². The largest absolute Gasteiger partial charge is 0.493 e. The van der Waals surface area contributed by atoms with Crippen LogP contribution in [0.1, 0.15) is 35.4 Å². The highest BCUT2D eigenvalue weighted by atomic mass is 79.9. The van der Waals surface area contributed by atoms with Crippen LogP contribution in [0.5, 0.6) is 11.5 Å². The van der Waals surface area contributed by atoms with Crippen molar-refractivity contribution >= 4 is 17.0 Å². The average molecular weight is 392 g/mol. The van der Waals surface area contributed by atoms with Gasteiger partial charge in [0.15, 0.2) is 11.5 Å². The van der Waals surface area contributed by atoms with Crippen LogP contribution < -0.4 is 15.2 Å². The number of aryl methyl sites for hydroxylation is 2. The molecule has 2 N–H and O–H groups in total. The van der Waals surface area contributed by atoms with E-state index >= 15 is 0 Å². The van der Waals surface area contributed by atoms with Gasteiger partial charge in [0.25, 0.3) is 0 Å². The molecule has 0 heterocycles. The van der Waals surface area contributed by atoms with Crippen molar-refractivity contribution in [2.75, 3.05) is 14.2 Å². The predicted molar refractivity (Wildman–Crippen MR) is 104 cm³/mol. The van der Waals surface area contributed by atoms with E-state index < -0.39 is 0 Å². The fourth-order valence-corrected chi connectivity index (χ4v) is 3.61. The smallest absolute Gasteiger partial charge is 0.160 e. The Morgan fingerprint density at radius 2 is 1.79 bits per heavy atom. The molecule has 24 heavy (non-hydrogen) atoms. The van der Waals surface area contributed by atoms with Gasteiger partial charge in [-0.1, -0.05) is 30.3 Å². The number of methoxy groups -OCH3 is 2. The zero-order chi connectivity index (χ0) is 16.2. The van der Waals surface area contributed by atoms with Gasteiger partial charge in [-0.15, -0.1) is 17.0 Å². The summed E-state index contributed by atoms with van der Waals surface area (Å²) in [6.07, 6.45) is 4.23. The van der Waals surface area contributed by atoms with Gasteiger partial charge in [-0.05, 0) is 60.4 Å². The van der Waals surface area contributed by atoms with Crippen LogP contribution in [0.25, 0.3) is 0 Å². The number of ether oxygens (including phenoxy) is 2. The fourth-order valence-electron chi connectivity index (χ4n) is 3.61. The van der Waals surface area contributed by atoms with E-state index in [1.807, 2.05) is 6.07 Å². The highest BCUT2D eigenvalue weighted by Crippen LogP contribution is 2.35. The van der Waals surface area contributed by atoms with Gasteiger partial charge in [0.1, 0.15) is 0 Å². The summed E-state index contributed by atoms with van der Waals surface area (Å²) < 4.78 is 10.7. The van der Waals surface area contributed by atoms with Crippen LogP contribution in [-0.4, -0.2) is 20.3 Å². The highest BCUT2D eigenvalue weighted by Gasteiger charge is 2.26. The Morgan fingerprint density at radius 1 is 1.04 bits per heavy atom. The monoisotopic (exact) mass is 391 g/mol. The normalized spacial score (nSPS) is 19.1. The van der Waals surface area contributed by atoms with E-state index in [1.54, 1.807) is 14.2 Å². The molecule has 2 unspecified atom stereocenters. The summed E-state index contributed by atoms with van der Waals surface area (Å²) in [4.78, 5) is 0. The minimum atomic E-state index is 0. The van der Waals surface area contributed by atoms with E-state index in [4.69, 9.17) is 15.2 Å². The molecule has 3 rings (SSSR count). The number of hydrogen-bond donors (Lipinski definition) is 1. The Balaban J connectivity index is 0.00000208. The van der Waals surface area contributed by atoms with Crippen molar-refractivity contribution in [3.63, 3.8) is 0 Å². The summed E-state index contributed by atoms with van der Waals surface area (Å²) in [6.45, 7) is 0. The zero-order valence-electron chi connectivity index (χ0n) is 14.3. The third kappa shape index (κ3) is 3.93. The first-order valence-electron chi connectivity index (χ1n) is 8.27. The number of nitrogens with two attached hydrogens (primary N) is 1. The number of rotatable bonds is 5. The molecule has 1 aliphatic carbocycles. The summed E-state index contributed by atoms with van der Waals surface area (Å²) in [5, 5.41) is 0. The minimum Gasteiger partial charge on any atom is -0.493 e. The average Bonchev–Trinajstić information content (AvgIpc) is 2.60. The topological polar surface area (TPSA) is 44.5 Å². The van der Waals surface area contributed by atoms with E-state index in [9.17, 15) is 0 Å². The number of halogens is 1. The van der Waals surface area contributed by atoms with Crippen molar-refractivity contribution < 1.29 is 9.47 Å². The van der Waals surface area contributed by atoms with Gasteiger partial charge in [-0.2, -0.15) is 0 Å². The first-order chi connectivity index (χ1) is 11.2. The maximum atomic E-state index is 6.41. The molecule has 0 bridgehead atoms. The highest BCUT2D eigenvalue weighted by molar-refractivity contribution is 8.93. The summed E-state index contributed by atoms with van der Waals surface area (Å²) in [5.41, 5.74) is 10.6. The molecule has 0 aromatic heterocycles. The molecule has 0 fully saturated rings. The molecule has 1 aliphatic rings. The molecule has 2 atom stereocenters. The molecule has 2 aromatic carbocycles. The lowest BCUT2D eigenvalue weighted by Gasteiger charge is -2.31. The quantitative estimate of drug-likeness (QED) is 0.827. The van der Waals surface area contributed by atoms with Crippen LogP contribution in [0.4, 0.5) is 0 Å². The van der Waals surface area contributed by atoms with Gasteiger partial charge in [0, 0.05) is 6.04 Å². The van der Waals surface area contributed by atoms with Gasteiger partial charge in [-0.3, -0.25) is 0 Å². The van der Waals surface area contributed by atoms with E-state index in [0.29, 0.717) is 5.92 Å². The summed E-state index contributed by atoms with van der Waals surface area (Å²) in [6, 6.07) is 15.1. The Kier molecular flexibility index (Phi) is 6.69. The van der Waals surface area contributed by atoms with Gasteiger partial charge in [0.05, 0.1) is 14.2 Å². The van der Waals surface area contributed by atoms with Gasteiger partial charge in [0.2, 0.25) is 0 Å². The van der Waals surface area contributed by atoms with Crippen molar-refractivity contribution in [2.24, 2.45) is 5.73 Å². The van der Waals surface area contributed by atoms with Crippen LogP contribution in [0, 0.1) is 0 Å². The van der Waals surface area contributed by atoms with Crippen molar-refractivity contribution in [2.45, 2.75) is 37.6 Å². The molecule has 0 radical (unpaired) electrons. The van der Waals surface area contributed by atoms with E-state index in [2.05, 4.69) is 36.4 Å². The first kappa shape index (κ1) is 18.8. The molecule has 3 nitrogen and oxygen atoms in total. The fraction of sp³-hybridized carbons (Fsp3) is 0.400. The Hall–Kier alpha value is -1.52. The minimum absolute atomic E-state index is 0. The predicted octanol–water partition coefficient (Wildman–Crippen LogP) is 4.27. The molecule has 130 valence electrons. The van der Waals surface area contributed by atoms with E-state index in [0.717, 1.165) is 37.2 Å². The second kappa shape index (κ2) is 8.54. The van der Waals surface area contributed by atoms with Gasteiger partial charge >= 0.3 is 0 Å². The lowest BCUT2D eigenvalue weighted by molar-refractivity contribution is 0.354. The lowest BCUT2D eigenvalue weighted by Crippen LogP contribution is -2.33. The maximum Gasteiger partial charge on any atom is 0.160 e. The van der Waals surface area contributed by atoms with Crippen molar-refractivity contribution in [3.8, 4) is 11.5 Å². The molecule has 0 saturated heterocycles. The van der Waals surface area contributed by atoms with Gasteiger partial charge < -0.3 is 15.2 Å². The first-order valence-corrected chi connectivity index (χ1v) is 8.27. The van der Waals surface area contributed by atoms with Crippen LogP contribution in [-0.2, 0) is 12.8 Å². The molecule has 0 amide bonds. The molecular formula is C20H26BrNO2. The molecule has 4 heteroatoms. The Bertz CT molecular complexity index is 674. The second-order valence-corrected chi connectivity index (χ2v) is 6.24. The zero-order valence-corrected chi connectivity index (χ0v) is 16.0. The van der Waals surface area contributed by atoms with E-state index in [1.165, 1.54) is 16.7 Å². The van der Waals surface area contributed by atoms with Crippen LogP contribution in [0.2, 0.25) is 0 Å². The maximum absolute atomic E-state index is 6.41. The van der Waals surface area contributed by atoms with Crippen molar-refractivity contribution in [1.82, 2.24) is 0 Å². The summed E-state index contributed by atoms with van der Waals surface area (Å²) in [5.74, 6) is 2.00. The van der Waals surface area contributed by atoms with Crippen LogP contribution in [0.15, 0.2) is 42.5 Å². The third-order valence-electron chi connectivity index (χ3n) is 4.91. The summed E-state index contributed by atoms with van der Waals surface area (Å²) in [7, 11) is 3.34. The van der Waals surface area contributed by atoms with Crippen molar-refractivity contribution in [3.05, 3.63) is 59.2 Å². The Labute approximate surface area is 154 Å². The number of benzene rings is 2.